The largest absolute Gasteiger partial charge is 0.497 e. The van der Waals surface area contributed by atoms with E-state index in [0.717, 1.165) is 39.1 Å². The summed E-state index contributed by atoms with van der Waals surface area (Å²) in [7, 11) is 1.60. The second-order valence-corrected chi connectivity index (χ2v) is 10.8. The topological polar surface area (TPSA) is 111 Å². The van der Waals surface area contributed by atoms with Gasteiger partial charge in [-0.2, -0.15) is 0 Å². The smallest absolute Gasteiger partial charge is 0.336 e. The number of nitrogens with two attached hydrogens (primary N) is 1. The van der Waals surface area contributed by atoms with Gasteiger partial charge in [0, 0.05) is 34.7 Å². The molecule has 7 nitrogen and oxygen atoms in total. The van der Waals surface area contributed by atoms with Gasteiger partial charge in [-0.3, -0.25) is 4.79 Å². The fourth-order valence-electron chi connectivity index (χ4n) is 5.17. The predicted molar refractivity (Wildman–Crippen MR) is 166 cm³/mol. The third-order valence-corrected chi connectivity index (χ3v) is 8.39. The highest BCUT2D eigenvalue weighted by atomic mass is 32.1. The number of carboxylic acid groups (broad SMARTS) is 1. The highest BCUT2D eigenvalue weighted by molar-refractivity contribution is 7.13. The number of carbonyl (C=O) groups excluding carboxylic acids is 1. The Morgan fingerprint density at radius 2 is 1.67 bits per heavy atom. The molecule has 1 aromatic heterocycles. The van der Waals surface area contributed by atoms with Gasteiger partial charge in [0.25, 0.3) is 5.91 Å². The number of hydrogen-bond acceptors (Lipinski definition) is 6. The lowest BCUT2D eigenvalue weighted by atomic mass is 9.90. The Hall–Kier alpha value is -4.92. The summed E-state index contributed by atoms with van der Waals surface area (Å²) in [6.07, 6.45) is 0.745. The first-order chi connectivity index (χ1) is 20.4. The SMILES string of the molecule is COc1ccc(-c2ccc(-c3cc4c(cc3C(=O)Nc3ccc(CN)cc3)-c3sccc3CCO4)c(C(=O)O)c2)cc1. The van der Waals surface area contributed by atoms with Gasteiger partial charge in [-0.05, 0) is 87.3 Å². The van der Waals surface area contributed by atoms with Crippen LogP contribution in [0.5, 0.6) is 11.5 Å². The van der Waals surface area contributed by atoms with Crippen LogP contribution in [0.15, 0.2) is 90.3 Å². The van der Waals surface area contributed by atoms with E-state index >= 15 is 0 Å². The number of thiophene rings is 1. The fourth-order valence-corrected chi connectivity index (χ4v) is 6.15. The van der Waals surface area contributed by atoms with E-state index in [1.54, 1.807) is 48.8 Å². The molecular weight excluding hydrogens is 548 g/mol. The van der Waals surface area contributed by atoms with Crippen LogP contribution in [0.25, 0.3) is 32.7 Å². The van der Waals surface area contributed by atoms with E-state index < -0.39 is 5.97 Å². The molecule has 210 valence electrons. The van der Waals surface area contributed by atoms with Gasteiger partial charge in [-0.25, -0.2) is 4.79 Å². The van der Waals surface area contributed by atoms with Crippen molar-refractivity contribution in [2.24, 2.45) is 5.73 Å². The van der Waals surface area contributed by atoms with E-state index in [2.05, 4.69) is 11.4 Å². The van der Waals surface area contributed by atoms with Gasteiger partial charge in [0.1, 0.15) is 11.5 Å². The van der Waals surface area contributed by atoms with E-state index in [9.17, 15) is 14.7 Å². The minimum atomic E-state index is -1.10. The number of methoxy groups -OCH3 is 1. The minimum absolute atomic E-state index is 0.0788. The Morgan fingerprint density at radius 3 is 2.38 bits per heavy atom. The summed E-state index contributed by atoms with van der Waals surface area (Å²) in [4.78, 5) is 27.6. The van der Waals surface area contributed by atoms with Gasteiger partial charge in [-0.15, -0.1) is 11.3 Å². The van der Waals surface area contributed by atoms with E-state index in [0.29, 0.717) is 47.0 Å². The van der Waals surface area contributed by atoms with Crippen LogP contribution in [0.3, 0.4) is 0 Å². The number of anilines is 1. The number of aromatic carboxylic acids is 1. The second kappa shape index (κ2) is 11.5. The Morgan fingerprint density at radius 1 is 0.905 bits per heavy atom. The number of benzene rings is 4. The number of amides is 1. The van der Waals surface area contributed by atoms with Crippen LogP contribution in [-0.2, 0) is 13.0 Å². The molecule has 0 atom stereocenters. The van der Waals surface area contributed by atoms with Crippen LogP contribution in [0, 0.1) is 0 Å². The summed E-state index contributed by atoms with van der Waals surface area (Å²) >= 11 is 1.60. The zero-order valence-corrected chi connectivity index (χ0v) is 23.7. The molecule has 0 saturated heterocycles. The minimum Gasteiger partial charge on any atom is -0.497 e. The summed E-state index contributed by atoms with van der Waals surface area (Å²) < 4.78 is 11.4. The van der Waals surface area contributed by atoms with Crippen LogP contribution in [-0.4, -0.2) is 30.7 Å². The monoisotopic (exact) mass is 576 g/mol. The van der Waals surface area contributed by atoms with Gasteiger partial charge in [0.15, 0.2) is 0 Å². The molecule has 0 saturated carbocycles. The van der Waals surface area contributed by atoms with Crippen LogP contribution in [0.4, 0.5) is 5.69 Å². The molecule has 4 aromatic carbocycles. The maximum Gasteiger partial charge on any atom is 0.336 e. The molecule has 42 heavy (non-hydrogen) atoms. The number of fused-ring (bicyclic) bond motifs is 3. The zero-order valence-electron chi connectivity index (χ0n) is 22.8. The molecule has 0 bridgehead atoms. The molecule has 0 fully saturated rings. The molecule has 1 aliphatic rings. The molecule has 2 heterocycles. The Kier molecular flexibility index (Phi) is 7.48. The van der Waals surface area contributed by atoms with Gasteiger partial charge in [0.2, 0.25) is 0 Å². The molecule has 1 aliphatic heterocycles. The molecule has 1 amide bonds. The molecule has 4 N–H and O–H groups in total. The highest BCUT2D eigenvalue weighted by Gasteiger charge is 2.25. The molecule has 8 heteroatoms. The van der Waals surface area contributed by atoms with Crippen LogP contribution in [0.1, 0.15) is 31.8 Å². The summed E-state index contributed by atoms with van der Waals surface area (Å²) in [6, 6.07) is 25.7. The first-order valence-electron chi connectivity index (χ1n) is 13.4. The quantitative estimate of drug-likeness (QED) is 0.191. The highest BCUT2D eigenvalue weighted by Crippen LogP contribution is 2.44. The number of ether oxygens (including phenoxy) is 2. The number of rotatable bonds is 7. The number of carbonyl (C=O) groups is 2. The van der Waals surface area contributed by atoms with E-state index in [1.807, 2.05) is 53.9 Å². The molecule has 0 aliphatic carbocycles. The average Bonchev–Trinajstić information content (AvgIpc) is 3.42. The van der Waals surface area contributed by atoms with Gasteiger partial charge in [-0.1, -0.05) is 36.4 Å². The van der Waals surface area contributed by atoms with Crippen LogP contribution < -0.4 is 20.5 Å². The van der Waals surface area contributed by atoms with Crippen molar-refractivity contribution in [2.45, 2.75) is 13.0 Å². The van der Waals surface area contributed by atoms with Crippen molar-refractivity contribution in [3.63, 3.8) is 0 Å². The first kappa shape index (κ1) is 27.3. The number of hydrogen-bond donors (Lipinski definition) is 3. The summed E-state index contributed by atoms with van der Waals surface area (Å²) in [5.41, 5.74) is 12.2. The summed E-state index contributed by atoms with van der Waals surface area (Å²) in [6.45, 7) is 0.883. The van der Waals surface area contributed by atoms with E-state index in [4.69, 9.17) is 15.2 Å². The van der Waals surface area contributed by atoms with Crippen molar-refractivity contribution >= 4 is 28.9 Å². The molecular formula is C34H28N2O5S. The van der Waals surface area contributed by atoms with Gasteiger partial charge >= 0.3 is 5.97 Å². The lowest BCUT2D eigenvalue weighted by Crippen LogP contribution is -2.14. The van der Waals surface area contributed by atoms with Gasteiger partial charge in [0.05, 0.1) is 19.3 Å². The van der Waals surface area contributed by atoms with Crippen molar-refractivity contribution in [1.29, 1.82) is 0 Å². The Balaban J connectivity index is 1.50. The van der Waals surface area contributed by atoms with Crippen LogP contribution in [0.2, 0.25) is 0 Å². The standard InChI is InChI=1S/C34H28N2O5S/c1-40-25-9-4-21(5-10-25)23-6-11-26(29(16-23)34(38)39)27-18-31-30(32-22(12-14-41-31)13-15-42-32)17-28(27)33(37)36-24-7-2-20(19-35)3-8-24/h2-11,13,15-18H,12,14,19,35H2,1H3,(H,36,37)(H,38,39). The van der Waals surface area contributed by atoms with Crippen molar-refractivity contribution in [2.75, 3.05) is 19.0 Å². The predicted octanol–water partition coefficient (Wildman–Crippen LogP) is 7.10. The number of carboxylic acids is 1. The lowest BCUT2D eigenvalue weighted by molar-refractivity contribution is 0.0697. The Labute approximate surface area is 247 Å². The fraction of sp³-hybridized carbons (Fsp3) is 0.118. The Bertz CT molecular complexity index is 1790. The van der Waals surface area contributed by atoms with Crippen molar-refractivity contribution < 1.29 is 24.2 Å². The molecule has 6 rings (SSSR count). The van der Waals surface area contributed by atoms with Crippen molar-refractivity contribution in [3.05, 3.63) is 113 Å². The summed E-state index contributed by atoms with van der Waals surface area (Å²) in [5.74, 6) is -0.127. The first-order valence-corrected chi connectivity index (χ1v) is 14.3. The maximum atomic E-state index is 13.9. The van der Waals surface area contributed by atoms with Gasteiger partial charge < -0.3 is 25.6 Å². The molecule has 0 unspecified atom stereocenters. The molecule has 5 aromatic rings. The second-order valence-electron chi connectivity index (χ2n) is 9.92. The van der Waals surface area contributed by atoms with Crippen molar-refractivity contribution in [3.8, 4) is 44.2 Å². The zero-order chi connectivity index (χ0) is 29.2. The third kappa shape index (κ3) is 5.25. The normalized spacial score (nSPS) is 12.0. The maximum absolute atomic E-state index is 13.9. The molecule has 0 radical (unpaired) electrons. The third-order valence-electron chi connectivity index (χ3n) is 7.40. The van der Waals surface area contributed by atoms with E-state index in [1.165, 1.54) is 0 Å². The lowest BCUT2D eigenvalue weighted by Gasteiger charge is -2.18. The average molecular weight is 577 g/mol. The summed E-state index contributed by atoms with van der Waals surface area (Å²) in [5, 5.41) is 15.3. The van der Waals surface area contributed by atoms with Crippen LogP contribution >= 0.6 is 11.3 Å². The van der Waals surface area contributed by atoms with Crippen molar-refractivity contribution in [1.82, 2.24) is 0 Å². The molecule has 0 spiro atoms. The number of nitrogens with one attached hydrogen (secondary N) is 1. The van der Waals surface area contributed by atoms with E-state index in [-0.39, 0.29) is 11.5 Å².